The summed E-state index contributed by atoms with van der Waals surface area (Å²) in [5.41, 5.74) is 8.38. The van der Waals surface area contributed by atoms with Crippen LogP contribution in [-0.4, -0.2) is 36.5 Å². The van der Waals surface area contributed by atoms with Crippen LogP contribution >= 0.6 is 0 Å². The van der Waals surface area contributed by atoms with Gasteiger partial charge in [0, 0.05) is 44.4 Å². The van der Waals surface area contributed by atoms with Crippen molar-refractivity contribution < 1.29 is 18.7 Å². The van der Waals surface area contributed by atoms with Gasteiger partial charge in [-0.15, -0.1) is 0 Å². The number of hydrogen-bond donors (Lipinski definition) is 3. The number of aryl methyl sites for hydroxylation is 2. The minimum absolute atomic E-state index is 0.0541. The molecule has 0 spiro atoms. The maximum Gasteiger partial charge on any atom is 0.220 e. The molecule has 0 aliphatic heterocycles. The number of halogens is 1. The SMILES string of the molecule is CCc1cncc(CNCCCCc2cc(F)cc(OCCCCNC(=O)CCC(N)=O)c2)c1. The number of carbonyl (C=O) groups excluding carboxylic acids is 2. The molecular weight excluding hydrogens is 435 g/mol. The first kappa shape index (κ1) is 27.2. The molecule has 2 rings (SSSR count). The van der Waals surface area contributed by atoms with Crippen molar-refractivity contribution in [2.24, 2.45) is 5.73 Å². The molecule has 1 aromatic carbocycles. The predicted molar refractivity (Wildman–Crippen MR) is 131 cm³/mol. The number of unbranched alkanes of at least 4 members (excludes halogenated alkanes) is 2. The molecule has 0 aliphatic carbocycles. The van der Waals surface area contributed by atoms with Gasteiger partial charge in [0.1, 0.15) is 11.6 Å². The van der Waals surface area contributed by atoms with Crippen LogP contribution in [0.15, 0.2) is 36.7 Å². The molecule has 0 fully saturated rings. The zero-order valence-electron chi connectivity index (χ0n) is 20.1. The molecule has 2 aromatic rings. The van der Waals surface area contributed by atoms with E-state index >= 15 is 0 Å². The average Bonchev–Trinajstić information content (AvgIpc) is 2.82. The van der Waals surface area contributed by atoms with E-state index < -0.39 is 5.91 Å². The first-order valence-corrected chi connectivity index (χ1v) is 12.1. The summed E-state index contributed by atoms with van der Waals surface area (Å²) in [6.07, 6.45) is 9.15. The molecule has 1 heterocycles. The summed E-state index contributed by atoms with van der Waals surface area (Å²) in [5, 5.41) is 6.18. The molecule has 8 heteroatoms. The quantitative estimate of drug-likeness (QED) is 0.306. The van der Waals surface area contributed by atoms with Crippen LogP contribution in [0.3, 0.4) is 0 Å². The number of primary amides is 1. The van der Waals surface area contributed by atoms with E-state index in [1.54, 1.807) is 6.07 Å². The third-order valence-electron chi connectivity index (χ3n) is 5.35. The van der Waals surface area contributed by atoms with Crippen molar-refractivity contribution in [1.82, 2.24) is 15.6 Å². The maximum atomic E-state index is 14.0. The van der Waals surface area contributed by atoms with Crippen molar-refractivity contribution in [3.63, 3.8) is 0 Å². The van der Waals surface area contributed by atoms with Gasteiger partial charge < -0.3 is 21.1 Å². The summed E-state index contributed by atoms with van der Waals surface area (Å²) in [7, 11) is 0. The summed E-state index contributed by atoms with van der Waals surface area (Å²) in [6, 6.07) is 7.03. The van der Waals surface area contributed by atoms with Crippen LogP contribution in [0.1, 0.15) is 62.1 Å². The predicted octanol–water partition coefficient (Wildman–Crippen LogP) is 3.44. The molecule has 186 valence electrons. The van der Waals surface area contributed by atoms with Gasteiger partial charge in [0.05, 0.1) is 6.61 Å². The van der Waals surface area contributed by atoms with Gasteiger partial charge in [0.2, 0.25) is 11.8 Å². The van der Waals surface area contributed by atoms with Gasteiger partial charge in [-0.3, -0.25) is 14.6 Å². The Morgan fingerprint density at radius 2 is 1.76 bits per heavy atom. The lowest BCUT2D eigenvalue weighted by Crippen LogP contribution is -2.26. The maximum absolute atomic E-state index is 14.0. The van der Waals surface area contributed by atoms with E-state index in [-0.39, 0.29) is 24.6 Å². The minimum atomic E-state index is -0.485. The Morgan fingerprint density at radius 3 is 2.56 bits per heavy atom. The van der Waals surface area contributed by atoms with E-state index in [1.807, 2.05) is 18.5 Å². The fraction of sp³-hybridized carbons (Fsp3) is 0.500. The lowest BCUT2D eigenvalue weighted by atomic mass is 10.1. The molecule has 34 heavy (non-hydrogen) atoms. The van der Waals surface area contributed by atoms with Crippen molar-refractivity contribution in [3.05, 3.63) is 59.2 Å². The Bertz CT molecular complexity index is 907. The van der Waals surface area contributed by atoms with Crippen molar-refractivity contribution in [1.29, 1.82) is 0 Å². The molecule has 0 bridgehead atoms. The van der Waals surface area contributed by atoms with Crippen molar-refractivity contribution in [2.75, 3.05) is 19.7 Å². The number of hydrogen-bond acceptors (Lipinski definition) is 5. The largest absolute Gasteiger partial charge is 0.493 e. The molecular formula is C26H37FN4O3. The number of benzene rings is 1. The first-order chi connectivity index (χ1) is 16.5. The van der Waals surface area contributed by atoms with Crippen LogP contribution in [0.25, 0.3) is 0 Å². The molecule has 0 unspecified atom stereocenters. The van der Waals surface area contributed by atoms with Gasteiger partial charge in [-0.2, -0.15) is 0 Å². The molecule has 0 aliphatic rings. The van der Waals surface area contributed by atoms with Crippen LogP contribution in [-0.2, 0) is 29.0 Å². The number of nitrogens with two attached hydrogens (primary N) is 1. The molecule has 7 nitrogen and oxygen atoms in total. The number of rotatable bonds is 17. The number of nitrogens with zero attached hydrogens (tertiary/aromatic N) is 1. The van der Waals surface area contributed by atoms with Crippen LogP contribution in [0.4, 0.5) is 4.39 Å². The Hall–Kier alpha value is -3.00. The van der Waals surface area contributed by atoms with Gasteiger partial charge in [0.25, 0.3) is 0 Å². The standard InChI is InChI=1S/C26H37FN4O3/c1-2-20-13-22(19-30-17-20)18-29-10-4-3-7-21-14-23(27)16-24(15-21)34-12-6-5-11-31-26(33)9-8-25(28)32/h13-17,19,29H,2-12,18H2,1H3,(H2,28,32)(H,31,33). The lowest BCUT2D eigenvalue weighted by Gasteiger charge is -2.10. The Morgan fingerprint density at radius 1 is 0.971 bits per heavy atom. The molecule has 0 saturated carbocycles. The smallest absolute Gasteiger partial charge is 0.220 e. The molecule has 0 atom stereocenters. The van der Waals surface area contributed by atoms with E-state index in [0.29, 0.717) is 18.9 Å². The topological polar surface area (TPSA) is 106 Å². The third kappa shape index (κ3) is 11.7. The minimum Gasteiger partial charge on any atom is -0.493 e. The van der Waals surface area contributed by atoms with E-state index in [9.17, 15) is 14.0 Å². The van der Waals surface area contributed by atoms with E-state index in [0.717, 1.165) is 57.2 Å². The summed E-state index contributed by atoms with van der Waals surface area (Å²) in [4.78, 5) is 26.4. The van der Waals surface area contributed by atoms with E-state index in [4.69, 9.17) is 10.5 Å². The zero-order chi connectivity index (χ0) is 24.6. The fourth-order valence-electron chi connectivity index (χ4n) is 3.46. The average molecular weight is 473 g/mol. The molecule has 1 aromatic heterocycles. The summed E-state index contributed by atoms with van der Waals surface area (Å²) in [5.74, 6) is -0.439. The number of ether oxygens (including phenoxy) is 1. The van der Waals surface area contributed by atoms with Gasteiger partial charge >= 0.3 is 0 Å². The zero-order valence-corrected chi connectivity index (χ0v) is 20.1. The van der Waals surface area contributed by atoms with Gasteiger partial charge in [-0.1, -0.05) is 13.0 Å². The highest BCUT2D eigenvalue weighted by atomic mass is 19.1. The number of aromatic nitrogens is 1. The summed E-state index contributed by atoms with van der Waals surface area (Å²) < 4.78 is 19.7. The highest BCUT2D eigenvalue weighted by Gasteiger charge is 2.05. The lowest BCUT2D eigenvalue weighted by molar-refractivity contribution is -0.125. The molecule has 4 N–H and O–H groups in total. The highest BCUT2D eigenvalue weighted by molar-refractivity contribution is 5.82. The van der Waals surface area contributed by atoms with Crippen LogP contribution in [0, 0.1) is 5.82 Å². The van der Waals surface area contributed by atoms with Crippen molar-refractivity contribution in [3.8, 4) is 5.75 Å². The Labute approximate surface area is 201 Å². The number of carbonyl (C=O) groups is 2. The second kappa shape index (κ2) is 15.8. The van der Waals surface area contributed by atoms with Crippen LogP contribution < -0.4 is 21.1 Å². The second-order valence-corrected chi connectivity index (χ2v) is 8.36. The van der Waals surface area contributed by atoms with Crippen LogP contribution in [0.5, 0.6) is 5.75 Å². The Kier molecular flexibility index (Phi) is 12.6. The molecule has 0 saturated heterocycles. The fourth-order valence-corrected chi connectivity index (χ4v) is 3.46. The van der Waals surface area contributed by atoms with E-state index in [1.165, 1.54) is 17.2 Å². The molecule has 0 radical (unpaired) electrons. The Balaban J connectivity index is 1.59. The number of pyridine rings is 1. The third-order valence-corrected chi connectivity index (χ3v) is 5.35. The normalized spacial score (nSPS) is 10.8. The summed E-state index contributed by atoms with van der Waals surface area (Å²) >= 11 is 0. The highest BCUT2D eigenvalue weighted by Crippen LogP contribution is 2.18. The number of amides is 2. The number of nitrogens with one attached hydrogen (secondary N) is 2. The van der Waals surface area contributed by atoms with Gasteiger partial charge in [0.15, 0.2) is 0 Å². The molecule has 2 amide bonds. The van der Waals surface area contributed by atoms with Crippen molar-refractivity contribution >= 4 is 11.8 Å². The monoisotopic (exact) mass is 472 g/mol. The van der Waals surface area contributed by atoms with Gasteiger partial charge in [-0.25, -0.2) is 4.39 Å². The van der Waals surface area contributed by atoms with E-state index in [2.05, 4.69) is 28.6 Å². The van der Waals surface area contributed by atoms with Crippen molar-refractivity contribution in [2.45, 2.75) is 64.8 Å². The summed E-state index contributed by atoms with van der Waals surface area (Å²) in [6.45, 7) is 4.77. The first-order valence-electron chi connectivity index (χ1n) is 12.1. The van der Waals surface area contributed by atoms with Gasteiger partial charge in [-0.05, 0) is 73.9 Å². The second-order valence-electron chi connectivity index (χ2n) is 8.36. The van der Waals surface area contributed by atoms with Crippen LogP contribution in [0.2, 0.25) is 0 Å².